The van der Waals surface area contributed by atoms with Crippen molar-refractivity contribution in [2.45, 2.75) is 69.4 Å². The minimum absolute atomic E-state index is 0.220. The summed E-state index contributed by atoms with van der Waals surface area (Å²) in [5.41, 5.74) is 18.9. The number of aryl methyl sites for hydroxylation is 1. The van der Waals surface area contributed by atoms with Crippen molar-refractivity contribution in [1.82, 2.24) is 4.57 Å². The smallest absolute Gasteiger partial charge is 0.0556 e. The quantitative estimate of drug-likeness (QED) is 0.144. The van der Waals surface area contributed by atoms with Gasteiger partial charge in [0.15, 0.2) is 0 Å². The van der Waals surface area contributed by atoms with Crippen LogP contribution < -0.4 is 14.7 Å². The molecule has 4 heteroatoms. The van der Waals surface area contributed by atoms with Crippen molar-refractivity contribution < 1.29 is 0 Å². The van der Waals surface area contributed by atoms with Crippen molar-refractivity contribution >= 4 is 56.3 Å². The Hall–Kier alpha value is -7.82. The number of anilines is 4. The second kappa shape index (κ2) is 18.1. The van der Waals surface area contributed by atoms with Gasteiger partial charge in [-0.25, -0.2) is 0 Å². The van der Waals surface area contributed by atoms with E-state index in [2.05, 4.69) is 250 Å². The molecule has 4 nitrogen and oxygen atoms in total. The van der Waals surface area contributed by atoms with Crippen molar-refractivity contribution in [3.05, 3.63) is 264 Å². The lowest BCUT2D eigenvalue weighted by atomic mass is 9.81. The number of para-hydroxylation sites is 3. The molecule has 5 aromatic carbocycles. The summed E-state index contributed by atoms with van der Waals surface area (Å²) in [6.45, 7) is 0. The number of fused-ring (bicyclic) bond motifs is 8. The first-order valence-corrected chi connectivity index (χ1v) is 26.6. The van der Waals surface area contributed by atoms with Gasteiger partial charge in [0.25, 0.3) is 0 Å². The standard InChI is InChI=1S/C68H60N4/c1-3-21-51(22-4-1)71-65-29-13-11-27-59(65)61-45-55(41-43-67(61)71)69(63-31-15-19-49-17-7-9-25-57(49)63)53-37-33-47(34-38-53)48-35-39-54(40-36-48)70(64-32-16-20-50-18-8-10-26-58(50)64)56-42-44-68-62(46-56)60-28-12-14-30-66(60)72(68)52-23-5-2-6-24-52/h1-5,8-16,18-23,25-35,37,39-42,44,46,48,50,53,58,61,67H,6-7,17,24,36,38,43,45H2. The molecule has 72 heavy (non-hydrogen) atoms. The summed E-state index contributed by atoms with van der Waals surface area (Å²) < 4.78 is 2.50. The summed E-state index contributed by atoms with van der Waals surface area (Å²) in [5.74, 6) is 1.32. The molecule has 6 unspecified atom stereocenters. The van der Waals surface area contributed by atoms with Crippen LogP contribution in [-0.4, -0.2) is 16.7 Å². The molecule has 0 radical (unpaired) electrons. The fraction of sp³-hybridized carbons (Fsp3) is 0.206. The molecule has 1 aromatic heterocycles. The van der Waals surface area contributed by atoms with Crippen molar-refractivity contribution in [2.24, 2.45) is 17.8 Å². The minimum Gasteiger partial charge on any atom is -0.338 e. The predicted molar refractivity (Wildman–Crippen MR) is 303 cm³/mol. The Bertz CT molecular complexity index is 3540. The maximum Gasteiger partial charge on any atom is 0.0556 e. The van der Waals surface area contributed by atoms with Crippen LogP contribution >= 0.6 is 0 Å². The van der Waals surface area contributed by atoms with Crippen molar-refractivity contribution in [2.75, 3.05) is 14.7 Å². The Balaban J connectivity index is 0.776. The normalized spacial score (nSPS) is 24.5. The largest absolute Gasteiger partial charge is 0.338 e. The molecule has 0 bridgehead atoms. The molecule has 352 valence electrons. The molecule has 7 aliphatic carbocycles. The summed E-state index contributed by atoms with van der Waals surface area (Å²) in [5, 5.41) is 2.59. The average Bonchev–Trinajstić information content (AvgIpc) is 3.96. The fourth-order valence-corrected chi connectivity index (χ4v) is 13.5. The molecule has 0 fully saturated rings. The Kier molecular flexibility index (Phi) is 10.8. The zero-order valence-electron chi connectivity index (χ0n) is 40.8. The topological polar surface area (TPSA) is 14.7 Å². The van der Waals surface area contributed by atoms with Crippen LogP contribution in [0.2, 0.25) is 0 Å². The number of nitrogens with zero attached hydrogens (tertiary/aromatic N) is 4. The van der Waals surface area contributed by atoms with E-state index in [9.17, 15) is 0 Å². The second-order valence-electron chi connectivity index (χ2n) is 20.8. The molecular weight excluding hydrogens is 873 g/mol. The van der Waals surface area contributed by atoms with E-state index in [0.29, 0.717) is 23.8 Å². The molecule has 0 saturated heterocycles. The van der Waals surface area contributed by atoms with Crippen LogP contribution in [0.5, 0.6) is 0 Å². The molecule has 0 amide bonds. The number of hydrogen-bond donors (Lipinski definition) is 0. The lowest BCUT2D eigenvalue weighted by molar-refractivity contribution is 0.515. The first-order chi connectivity index (χ1) is 35.7. The first kappa shape index (κ1) is 43.0. The first-order valence-electron chi connectivity index (χ1n) is 26.6. The maximum atomic E-state index is 2.74. The fourth-order valence-electron chi connectivity index (χ4n) is 13.5. The Labute approximate surface area is 424 Å². The highest BCUT2D eigenvalue weighted by atomic mass is 15.2. The van der Waals surface area contributed by atoms with Gasteiger partial charge in [-0.15, -0.1) is 0 Å². The number of aromatic nitrogens is 1. The van der Waals surface area contributed by atoms with Gasteiger partial charge in [0.1, 0.15) is 0 Å². The summed E-state index contributed by atoms with van der Waals surface area (Å²) in [6.07, 6.45) is 53.5. The van der Waals surface area contributed by atoms with Crippen molar-refractivity contribution in [3.63, 3.8) is 0 Å². The lowest BCUT2D eigenvalue weighted by Crippen LogP contribution is -2.39. The van der Waals surface area contributed by atoms with Crippen LogP contribution in [0.1, 0.15) is 67.6 Å². The van der Waals surface area contributed by atoms with E-state index in [1.54, 1.807) is 0 Å². The molecule has 6 atom stereocenters. The summed E-state index contributed by atoms with van der Waals surface area (Å²) in [4.78, 5) is 7.91. The molecule has 14 rings (SSSR count). The number of allylic oxidation sites excluding steroid dienone is 18. The summed E-state index contributed by atoms with van der Waals surface area (Å²) in [6, 6.07) is 44.0. The predicted octanol–water partition coefficient (Wildman–Crippen LogP) is 16.8. The van der Waals surface area contributed by atoms with E-state index >= 15 is 0 Å². The average molecular weight is 933 g/mol. The third-order valence-corrected chi connectivity index (χ3v) is 16.8. The maximum absolute atomic E-state index is 2.74. The molecule has 6 aromatic rings. The van der Waals surface area contributed by atoms with Gasteiger partial charge in [0, 0.05) is 91.6 Å². The number of benzene rings is 5. The third kappa shape index (κ3) is 7.33. The van der Waals surface area contributed by atoms with Gasteiger partial charge in [-0.1, -0.05) is 164 Å². The van der Waals surface area contributed by atoms with E-state index < -0.39 is 0 Å². The van der Waals surface area contributed by atoms with Crippen molar-refractivity contribution in [1.29, 1.82) is 0 Å². The van der Waals surface area contributed by atoms with E-state index in [0.717, 1.165) is 51.4 Å². The molecule has 0 N–H and O–H groups in total. The summed E-state index contributed by atoms with van der Waals surface area (Å²) in [7, 11) is 0. The van der Waals surface area contributed by atoms with E-state index in [-0.39, 0.29) is 12.0 Å². The van der Waals surface area contributed by atoms with Crippen LogP contribution in [0.3, 0.4) is 0 Å². The Morgan fingerprint density at radius 1 is 0.597 bits per heavy atom. The second-order valence-corrected chi connectivity index (χ2v) is 20.8. The van der Waals surface area contributed by atoms with Gasteiger partial charge in [-0.2, -0.15) is 0 Å². The van der Waals surface area contributed by atoms with Gasteiger partial charge < -0.3 is 19.3 Å². The van der Waals surface area contributed by atoms with Crippen molar-refractivity contribution in [3.8, 4) is 0 Å². The van der Waals surface area contributed by atoms with E-state index in [1.165, 1.54) is 89.6 Å². The van der Waals surface area contributed by atoms with Gasteiger partial charge in [-0.3, -0.25) is 0 Å². The van der Waals surface area contributed by atoms with Crippen LogP contribution in [0, 0.1) is 17.8 Å². The van der Waals surface area contributed by atoms with Gasteiger partial charge in [-0.05, 0) is 135 Å². The Morgan fingerprint density at radius 3 is 2.35 bits per heavy atom. The SMILES string of the molecule is C1=CCCC(n2c3ccccc3c3cc(N(C4=CCC(C5=CCC(N(C6=CCC7C(C6)c6ccccc6N7c6ccccc6)c6cccc7c6C=CCC7)C=C5)C=C4)C4=CC=CC5C=CC=CC45)ccc32)=C1. The van der Waals surface area contributed by atoms with Crippen LogP contribution in [-0.2, 0) is 6.42 Å². The minimum atomic E-state index is 0.220. The van der Waals surface area contributed by atoms with E-state index in [1.807, 2.05) is 0 Å². The van der Waals surface area contributed by atoms with Crippen LogP contribution in [0.15, 0.2) is 247 Å². The highest BCUT2D eigenvalue weighted by molar-refractivity contribution is 6.11. The highest BCUT2D eigenvalue weighted by Gasteiger charge is 2.42. The number of hydrogen-bond acceptors (Lipinski definition) is 3. The van der Waals surface area contributed by atoms with Gasteiger partial charge in [0.05, 0.1) is 17.1 Å². The summed E-state index contributed by atoms with van der Waals surface area (Å²) >= 11 is 0. The van der Waals surface area contributed by atoms with Gasteiger partial charge in [0.2, 0.25) is 0 Å². The third-order valence-electron chi connectivity index (χ3n) is 16.8. The molecule has 8 aliphatic rings. The number of rotatable bonds is 9. The monoisotopic (exact) mass is 932 g/mol. The zero-order chi connectivity index (χ0) is 47.5. The zero-order valence-corrected chi connectivity index (χ0v) is 40.8. The van der Waals surface area contributed by atoms with Gasteiger partial charge >= 0.3 is 0 Å². The lowest BCUT2D eigenvalue weighted by Gasteiger charge is -2.41. The molecule has 0 saturated carbocycles. The van der Waals surface area contributed by atoms with E-state index in [4.69, 9.17) is 0 Å². The highest BCUT2D eigenvalue weighted by Crippen LogP contribution is 2.52. The molecule has 0 spiro atoms. The molecule has 1 aliphatic heterocycles. The molecule has 2 heterocycles. The van der Waals surface area contributed by atoms with Crippen LogP contribution in [0.4, 0.5) is 22.7 Å². The molecular formula is C68H60N4. The van der Waals surface area contributed by atoms with Crippen LogP contribution in [0.25, 0.3) is 33.6 Å². The Morgan fingerprint density at radius 2 is 1.46 bits per heavy atom.